The molecule has 7 nitrogen and oxygen atoms in total. The Morgan fingerprint density at radius 2 is 2.22 bits per heavy atom. The number of aromatic nitrogens is 5. The van der Waals surface area contributed by atoms with Gasteiger partial charge in [-0.15, -0.1) is 10.2 Å². The number of amides is 1. The second kappa shape index (κ2) is 5.67. The second-order valence-corrected chi connectivity index (χ2v) is 5.42. The van der Waals surface area contributed by atoms with Crippen molar-refractivity contribution in [3.63, 3.8) is 0 Å². The smallest absolute Gasteiger partial charge is 0.345 e. The predicted octanol–water partition coefficient (Wildman–Crippen LogP) is 1.32. The minimum Gasteiger partial charge on any atom is -0.345 e. The largest absolute Gasteiger partial charge is 0.435 e. The van der Waals surface area contributed by atoms with E-state index in [0.717, 1.165) is 42.2 Å². The molecule has 0 aliphatic carbocycles. The molecule has 2 aromatic rings. The number of carbonyl (C=O) groups is 1. The van der Waals surface area contributed by atoms with Crippen molar-refractivity contribution in [1.82, 2.24) is 29.9 Å². The molecule has 0 saturated carbocycles. The number of nitrogens with zero attached hydrogens (tertiary/aromatic N) is 5. The lowest BCUT2D eigenvalue weighted by molar-refractivity contribution is -0.141. The molecule has 0 spiro atoms. The van der Waals surface area contributed by atoms with E-state index in [1.807, 2.05) is 4.57 Å². The van der Waals surface area contributed by atoms with Crippen molar-refractivity contribution in [2.75, 3.05) is 0 Å². The van der Waals surface area contributed by atoms with Crippen LogP contribution in [0.1, 0.15) is 36.7 Å². The first-order valence-electron chi connectivity index (χ1n) is 7.16. The van der Waals surface area contributed by atoms with E-state index in [0.29, 0.717) is 5.82 Å². The van der Waals surface area contributed by atoms with Gasteiger partial charge in [-0.1, -0.05) is 0 Å². The Morgan fingerprint density at radius 3 is 2.91 bits per heavy atom. The molecule has 1 N–H and O–H groups in total. The van der Waals surface area contributed by atoms with E-state index in [2.05, 4.69) is 20.6 Å². The maximum Gasteiger partial charge on any atom is 0.435 e. The molecule has 0 fully saturated rings. The summed E-state index contributed by atoms with van der Waals surface area (Å²) in [6.45, 7) is 2.28. The third kappa shape index (κ3) is 3.20. The van der Waals surface area contributed by atoms with E-state index in [1.165, 1.54) is 0 Å². The van der Waals surface area contributed by atoms with Crippen LogP contribution in [0.25, 0.3) is 0 Å². The van der Waals surface area contributed by atoms with E-state index in [-0.39, 0.29) is 12.6 Å². The van der Waals surface area contributed by atoms with Crippen molar-refractivity contribution < 1.29 is 18.0 Å². The minimum atomic E-state index is -4.52. The molecule has 0 aromatic carbocycles. The molecule has 1 atom stereocenters. The number of carbonyl (C=O) groups excluding carboxylic acids is 1. The summed E-state index contributed by atoms with van der Waals surface area (Å²) in [6, 6.07) is 0.460. The lowest BCUT2D eigenvalue weighted by atomic mass is 10.3. The van der Waals surface area contributed by atoms with Crippen LogP contribution < -0.4 is 5.32 Å². The number of rotatable bonds is 4. The number of aryl methyl sites for hydroxylation is 1. The van der Waals surface area contributed by atoms with Gasteiger partial charge in [-0.3, -0.25) is 9.48 Å². The SMILES string of the molecule is C[C@@H](NC(=O)Cn1ccc(C(F)(F)F)n1)c1nnc2n1CCC2. The normalized spacial score (nSPS) is 15.5. The van der Waals surface area contributed by atoms with Gasteiger partial charge in [-0.05, 0) is 19.4 Å². The number of alkyl halides is 3. The molecule has 1 aliphatic heterocycles. The van der Waals surface area contributed by atoms with Crippen LogP contribution in [-0.4, -0.2) is 30.5 Å². The number of nitrogens with one attached hydrogen (secondary N) is 1. The van der Waals surface area contributed by atoms with Crippen molar-refractivity contribution in [1.29, 1.82) is 0 Å². The Balaban J connectivity index is 1.62. The highest BCUT2D eigenvalue weighted by molar-refractivity contribution is 5.76. The van der Waals surface area contributed by atoms with Crippen molar-refractivity contribution in [2.45, 2.75) is 45.1 Å². The van der Waals surface area contributed by atoms with Crippen LogP contribution in [0.2, 0.25) is 0 Å². The van der Waals surface area contributed by atoms with Crippen LogP contribution in [0.3, 0.4) is 0 Å². The zero-order chi connectivity index (χ0) is 16.6. The summed E-state index contributed by atoms with van der Waals surface area (Å²) in [6.07, 6.45) is -1.54. The van der Waals surface area contributed by atoms with Gasteiger partial charge in [0, 0.05) is 19.2 Å². The summed E-state index contributed by atoms with van der Waals surface area (Å²) in [5.41, 5.74) is -1.02. The molecule has 124 valence electrons. The molecule has 0 bridgehead atoms. The van der Waals surface area contributed by atoms with E-state index >= 15 is 0 Å². The first-order valence-corrected chi connectivity index (χ1v) is 7.16. The number of hydrogen-bond donors (Lipinski definition) is 1. The van der Waals surface area contributed by atoms with Gasteiger partial charge < -0.3 is 9.88 Å². The number of fused-ring (bicyclic) bond motifs is 1. The molecule has 3 heterocycles. The molecule has 3 rings (SSSR count). The van der Waals surface area contributed by atoms with Gasteiger partial charge in [0.1, 0.15) is 12.4 Å². The summed E-state index contributed by atoms with van der Waals surface area (Å²) in [5, 5.41) is 14.2. The highest BCUT2D eigenvalue weighted by atomic mass is 19.4. The van der Waals surface area contributed by atoms with Gasteiger partial charge in [0.05, 0.1) is 6.04 Å². The lowest BCUT2D eigenvalue weighted by Crippen LogP contribution is -2.31. The van der Waals surface area contributed by atoms with E-state index in [1.54, 1.807) is 6.92 Å². The molecule has 0 saturated heterocycles. The van der Waals surface area contributed by atoms with Crippen LogP contribution in [0.5, 0.6) is 0 Å². The lowest BCUT2D eigenvalue weighted by Gasteiger charge is -2.14. The maximum atomic E-state index is 12.5. The standard InChI is InChI=1S/C13H15F3N6O/c1-8(12-19-18-10-3-2-5-22(10)12)17-11(23)7-21-6-4-9(20-21)13(14,15)16/h4,6,8H,2-3,5,7H2,1H3,(H,17,23)/t8-/m1/s1. The highest BCUT2D eigenvalue weighted by Gasteiger charge is 2.33. The van der Waals surface area contributed by atoms with Gasteiger partial charge in [0.25, 0.3) is 0 Å². The number of hydrogen-bond acceptors (Lipinski definition) is 4. The van der Waals surface area contributed by atoms with Crippen LogP contribution in [0.4, 0.5) is 13.2 Å². The molecular weight excluding hydrogens is 313 g/mol. The third-order valence-electron chi connectivity index (χ3n) is 3.64. The quantitative estimate of drug-likeness (QED) is 0.918. The highest BCUT2D eigenvalue weighted by Crippen LogP contribution is 2.27. The summed E-state index contributed by atoms with van der Waals surface area (Å²) < 4.78 is 40.3. The molecule has 2 aromatic heterocycles. The Hall–Kier alpha value is -2.39. The Bertz CT molecular complexity index is 720. The van der Waals surface area contributed by atoms with Gasteiger partial charge in [0.15, 0.2) is 11.5 Å². The third-order valence-corrected chi connectivity index (χ3v) is 3.64. The van der Waals surface area contributed by atoms with Crippen LogP contribution in [0, 0.1) is 0 Å². The summed E-state index contributed by atoms with van der Waals surface area (Å²) in [7, 11) is 0. The Morgan fingerprint density at radius 1 is 1.43 bits per heavy atom. The first kappa shape index (κ1) is 15.5. The van der Waals surface area contributed by atoms with Gasteiger partial charge in [-0.2, -0.15) is 18.3 Å². The summed E-state index contributed by atoms with van der Waals surface area (Å²) >= 11 is 0. The fourth-order valence-electron chi connectivity index (χ4n) is 2.59. The second-order valence-electron chi connectivity index (χ2n) is 5.42. The monoisotopic (exact) mass is 328 g/mol. The molecule has 23 heavy (non-hydrogen) atoms. The predicted molar refractivity (Wildman–Crippen MR) is 72.1 cm³/mol. The fourth-order valence-corrected chi connectivity index (χ4v) is 2.59. The minimum absolute atomic E-state index is 0.290. The molecule has 10 heteroatoms. The zero-order valence-electron chi connectivity index (χ0n) is 12.3. The molecular formula is C13H15F3N6O. The van der Waals surface area contributed by atoms with E-state index in [4.69, 9.17) is 0 Å². The summed E-state index contributed by atoms with van der Waals surface area (Å²) in [4.78, 5) is 12.0. The summed E-state index contributed by atoms with van der Waals surface area (Å²) in [5.74, 6) is 1.11. The average molecular weight is 328 g/mol. The Kier molecular flexibility index (Phi) is 3.82. The van der Waals surface area contributed by atoms with Crippen molar-refractivity contribution in [2.24, 2.45) is 0 Å². The van der Waals surface area contributed by atoms with Crippen molar-refractivity contribution in [3.05, 3.63) is 29.6 Å². The number of halogens is 3. The topological polar surface area (TPSA) is 77.6 Å². The fraction of sp³-hybridized carbons (Fsp3) is 0.538. The zero-order valence-corrected chi connectivity index (χ0v) is 12.3. The van der Waals surface area contributed by atoms with Crippen LogP contribution in [0.15, 0.2) is 12.3 Å². The Labute approximate surface area is 129 Å². The molecule has 1 amide bonds. The van der Waals surface area contributed by atoms with E-state index in [9.17, 15) is 18.0 Å². The van der Waals surface area contributed by atoms with Crippen molar-refractivity contribution >= 4 is 5.91 Å². The van der Waals surface area contributed by atoms with Crippen molar-refractivity contribution in [3.8, 4) is 0 Å². The first-order chi connectivity index (χ1) is 10.8. The van der Waals surface area contributed by atoms with Crippen LogP contribution in [-0.2, 0) is 30.5 Å². The molecule has 1 aliphatic rings. The van der Waals surface area contributed by atoms with Crippen LogP contribution >= 0.6 is 0 Å². The van der Waals surface area contributed by atoms with Gasteiger partial charge in [0.2, 0.25) is 5.91 Å². The molecule has 0 radical (unpaired) electrons. The van der Waals surface area contributed by atoms with Gasteiger partial charge >= 0.3 is 6.18 Å². The average Bonchev–Trinajstić information content (AvgIpc) is 3.12. The maximum absolute atomic E-state index is 12.5. The van der Waals surface area contributed by atoms with Gasteiger partial charge in [-0.25, -0.2) is 0 Å². The van der Waals surface area contributed by atoms with E-state index < -0.39 is 17.8 Å². The molecule has 0 unspecified atom stereocenters.